The van der Waals surface area contributed by atoms with Crippen LogP contribution in [0.25, 0.3) is 0 Å². The number of morpholine rings is 1. The third-order valence-electron chi connectivity index (χ3n) is 3.14. The van der Waals surface area contributed by atoms with Crippen molar-refractivity contribution in [2.24, 2.45) is 5.84 Å². The van der Waals surface area contributed by atoms with Gasteiger partial charge in [-0.1, -0.05) is 0 Å². The van der Waals surface area contributed by atoms with Crippen LogP contribution in [0.2, 0.25) is 0 Å². The van der Waals surface area contributed by atoms with Crippen molar-refractivity contribution in [3.8, 4) is 0 Å². The third kappa shape index (κ3) is 3.97. The van der Waals surface area contributed by atoms with E-state index in [4.69, 9.17) is 10.6 Å². The maximum atomic E-state index is 12.0. The lowest BCUT2D eigenvalue weighted by atomic mass is 10.2. The molecule has 0 aromatic carbocycles. The van der Waals surface area contributed by atoms with Gasteiger partial charge in [-0.05, 0) is 6.92 Å². The van der Waals surface area contributed by atoms with Gasteiger partial charge in [-0.3, -0.25) is 19.9 Å². The van der Waals surface area contributed by atoms with Crippen LogP contribution in [0.1, 0.15) is 22.4 Å². The molecule has 1 atom stereocenters. The minimum absolute atomic E-state index is 0.0487. The van der Waals surface area contributed by atoms with Gasteiger partial charge in [0.05, 0.1) is 18.9 Å². The number of ether oxygens (including phenoxy) is 1. The number of amides is 2. The first kappa shape index (κ1) is 15.8. The van der Waals surface area contributed by atoms with Crippen LogP contribution in [0, 0.1) is 0 Å². The highest BCUT2D eigenvalue weighted by Crippen LogP contribution is 2.15. The number of nitrogens with two attached hydrogens (primary N) is 1. The monoisotopic (exact) mass is 313 g/mol. The first-order valence-corrected chi connectivity index (χ1v) is 7.58. The van der Waals surface area contributed by atoms with Gasteiger partial charge >= 0.3 is 0 Å². The van der Waals surface area contributed by atoms with E-state index in [0.717, 1.165) is 5.69 Å². The van der Waals surface area contributed by atoms with E-state index in [-0.39, 0.29) is 11.9 Å². The average Bonchev–Trinajstić information content (AvgIpc) is 2.96. The molecule has 1 fully saturated rings. The zero-order chi connectivity index (χ0) is 15.2. The molecule has 1 aromatic heterocycles. The lowest BCUT2D eigenvalue weighted by Gasteiger charge is -2.33. The number of likely N-dealkylation sites (N-methyl/N-ethyl adjacent to an activating group) is 1. The van der Waals surface area contributed by atoms with Crippen molar-refractivity contribution in [2.45, 2.75) is 19.5 Å². The summed E-state index contributed by atoms with van der Waals surface area (Å²) >= 11 is 1.23. The van der Waals surface area contributed by atoms with Crippen LogP contribution in [0.4, 0.5) is 0 Å². The number of thiazole rings is 1. The van der Waals surface area contributed by atoms with Gasteiger partial charge in [-0.2, -0.15) is 0 Å². The molecule has 0 saturated carbocycles. The van der Waals surface area contributed by atoms with E-state index in [0.29, 0.717) is 37.9 Å². The minimum Gasteiger partial charge on any atom is -0.378 e. The Morgan fingerprint density at radius 2 is 2.43 bits per heavy atom. The van der Waals surface area contributed by atoms with Gasteiger partial charge < -0.3 is 10.1 Å². The van der Waals surface area contributed by atoms with Crippen molar-refractivity contribution in [1.82, 2.24) is 20.6 Å². The summed E-state index contributed by atoms with van der Waals surface area (Å²) in [7, 11) is 0. The largest absolute Gasteiger partial charge is 0.378 e. The SMILES string of the molecule is CCNC(=O)C1COCCN1Cc1csc(C(=O)NN)n1. The van der Waals surface area contributed by atoms with Gasteiger partial charge in [0.1, 0.15) is 6.04 Å². The average molecular weight is 313 g/mol. The molecule has 1 saturated heterocycles. The highest BCUT2D eigenvalue weighted by molar-refractivity contribution is 7.11. The van der Waals surface area contributed by atoms with Crippen molar-refractivity contribution < 1.29 is 14.3 Å². The number of hydrogen-bond acceptors (Lipinski definition) is 7. The van der Waals surface area contributed by atoms with E-state index < -0.39 is 5.91 Å². The first-order valence-electron chi connectivity index (χ1n) is 6.70. The van der Waals surface area contributed by atoms with E-state index in [1.54, 1.807) is 5.38 Å². The Morgan fingerprint density at radius 3 is 3.14 bits per heavy atom. The molecule has 1 unspecified atom stereocenters. The Morgan fingerprint density at radius 1 is 1.62 bits per heavy atom. The molecule has 2 amide bonds. The van der Waals surface area contributed by atoms with Crippen LogP contribution in [0.5, 0.6) is 0 Å². The normalized spacial score (nSPS) is 19.2. The number of nitrogens with one attached hydrogen (secondary N) is 2. The van der Waals surface area contributed by atoms with Gasteiger partial charge in [0.2, 0.25) is 5.91 Å². The predicted octanol–water partition coefficient (Wildman–Crippen LogP) is -0.916. The molecular weight excluding hydrogens is 294 g/mol. The van der Waals surface area contributed by atoms with Crippen LogP contribution in [0.3, 0.4) is 0 Å². The first-order chi connectivity index (χ1) is 10.2. The predicted molar refractivity (Wildman–Crippen MR) is 77.5 cm³/mol. The van der Waals surface area contributed by atoms with Crippen molar-refractivity contribution in [1.29, 1.82) is 0 Å². The van der Waals surface area contributed by atoms with Crippen molar-refractivity contribution in [3.05, 3.63) is 16.1 Å². The topological polar surface area (TPSA) is 110 Å². The van der Waals surface area contributed by atoms with Gasteiger partial charge in [0.25, 0.3) is 5.91 Å². The number of nitrogens with zero attached hydrogens (tertiary/aromatic N) is 2. The summed E-state index contributed by atoms with van der Waals surface area (Å²) in [5, 5.41) is 4.92. The molecule has 0 spiro atoms. The van der Waals surface area contributed by atoms with Crippen molar-refractivity contribution in [3.63, 3.8) is 0 Å². The molecule has 8 nitrogen and oxygen atoms in total. The fraction of sp³-hybridized carbons (Fsp3) is 0.583. The van der Waals surface area contributed by atoms with Crippen molar-refractivity contribution in [2.75, 3.05) is 26.3 Å². The summed E-state index contributed by atoms with van der Waals surface area (Å²) in [6, 6.07) is -0.327. The Bertz CT molecular complexity index is 507. The molecule has 2 rings (SSSR count). The summed E-state index contributed by atoms with van der Waals surface area (Å²) in [6.07, 6.45) is 0. The fourth-order valence-electron chi connectivity index (χ4n) is 2.11. The molecule has 4 N–H and O–H groups in total. The number of carbonyl (C=O) groups is 2. The van der Waals surface area contributed by atoms with Gasteiger partial charge in [0.15, 0.2) is 5.01 Å². The number of aromatic nitrogens is 1. The molecule has 2 heterocycles. The summed E-state index contributed by atoms with van der Waals surface area (Å²) < 4.78 is 5.38. The highest BCUT2D eigenvalue weighted by Gasteiger charge is 2.29. The lowest BCUT2D eigenvalue weighted by molar-refractivity contribution is -0.132. The number of hydrogen-bond donors (Lipinski definition) is 3. The number of hydrazine groups is 1. The number of carbonyl (C=O) groups excluding carboxylic acids is 2. The summed E-state index contributed by atoms with van der Waals surface area (Å²) in [5.41, 5.74) is 2.80. The Hall–Kier alpha value is -1.55. The van der Waals surface area contributed by atoms with Crippen LogP contribution in [0.15, 0.2) is 5.38 Å². The van der Waals surface area contributed by atoms with E-state index in [2.05, 4.69) is 15.7 Å². The summed E-state index contributed by atoms with van der Waals surface area (Å²) in [6.45, 7) is 4.56. The van der Waals surface area contributed by atoms with Crippen molar-refractivity contribution >= 4 is 23.2 Å². The summed E-state index contributed by atoms with van der Waals surface area (Å²) in [4.78, 5) is 29.7. The summed E-state index contributed by atoms with van der Waals surface area (Å²) in [5.74, 6) is 4.62. The maximum absolute atomic E-state index is 12.0. The second-order valence-corrected chi connectivity index (χ2v) is 5.43. The molecule has 9 heteroatoms. The fourth-order valence-corrected chi connectivity index (χ4v) is 2.83. The van der Waals surface area contributed by atoms with Gasteiger partial charge in [-0.25, -0.2) is 10.8 Å². The Labute approximate surface area is 126 Å². The van der Waals surface area contributed by atoms with E-state index in [9.17, 15) is 9.59 Å². The molecule has 0 radical (unpaired) electrons. The third-order valence-corrected chi connectivity index (χ3v) is 4.03. The molecule has 21 heavy (non-hydrogen) atoms. The van der Waals surface area contributed by atoms with E-state index in [1.807, 2.05) is 11.8 Å². The Kier molecular flexibility index (Phi) is 5.62. The van der Waals surface area contributed by atoms with Crippen LogP contribution in [-0.2, 0) is 16.1 Å². The standard InChI is InChI=1S/C12H19N5O3S/c1-2-14-10(18)9-6-20-4-3-17(9)5-8-7-21-12(15-8)11(19)16-13/h7,9H,2-6,13H2,1H3,(H,14,18)(H,16,19). The highest BCUT2D eigenvalue weighted by atomic mass is 32.1. The zero-order valence-corrected chi connectivity index (χ0v) is 12.6. The molecule has 1 aromatic rings. The second-order valence-electron chi connectivity index (χ2n) is 4.57. The molecule has 0 bridgehead atoms. The van der Waals surface area contributed by atoms with E-state index >= 15 is 0 Å². The number of rotatable bonds is 5. The van der Waals surface area contributed by atoms with Crippen LogP contribution >= 0.6 is 11.3 Å². The van der Waals surface area contributed by atoms with Crippen LogP contribution < -0.4 is 16.6 Å². The molecule has 1 aliphatic rings. The minimum atomic E-state index is -0.409. The smallest absolute Gasteiger partial charge is 0.294 e. The van der Waals surface area contributed by atoms with Gasteiger partial charge in [-0.15, -0.1) is 11.3 Å². The maximum Gasteiger partial charge on any atom is 0.294 e. The molecule has 1 aliphatic heterocycles. The molecule has 0 aliphatic carbocycles. The van der Waals surface area contributed by atoms with Gasteiger partial charge in [0, 0.05) is 25.0 Å². The lowest BCUT2D eigenvalue weighted by Crippen LogP contribution is -2.53. The second kappa shape index (κ2) is 7.46. The van der Waals surface area contributed by atoms with E-state index in [1.165, 1.54) is 11.3 Å². The quantitative estimate of drug-likeness (QED) is 0.369. The Balaban J connectivity index is 2.03. The molecular formula is C12H19N5O3S. The van der Waals surface area contributed by atoms with Crippen LogP contribution in [-0.4, -0.2) is 54.0 Å². The number of nitrogen functional groups attached to an aromatic ring is 1. The zero-order valence-electron chi connectivity index (χ0n) is 11.8. The molecule has 116 valence electrons.